The van der Waals surface area contributed by atoms with E-state index in [1.54, 1.807) is 11.9 Å². The van der Waals surface area contributed by atoms with Gasteiger partial charge in [0, 0.05) is 13.6 Å². The molecule has 94 valence electrons. The molecule has 0 heterocycles. The van der Waals surface area contributed by atoms with Crippen molar-refractivity contribution in [3.05, 3.63) is 29.8 Å². The number of amides is 1. The normalized spacial score (nSPS) is 10.1. The van der Waals surface area contributed by atoms with Gasteiger partial charge in [0.05, 0.1) is 0 Å². The Bertz CT molecular complexity index is 366. The lowest BCUT2D eigenvalue weighted by Gasteiger charge is -2.17. The Morgan fingerprint density at radius 2 is 2.12 bits per heavy atom. The Hall–Kier alpha value is -1.55. The maximum atomic E-state index is 11.7. The van der Waals surface area contributed by atoms with Crippen LogP contribution in [-0.4, -0.2) is 37.6 Å². The molecule has 0 fully saturated rings. The number of likely N-dealkylation sites (N-methyl/N-ethyl adjacent to an activating group) is 1. The summed E-state index contributed by atoms with van der Waals surface area (Å²) in [5.74, 6) is 0.731. The predicted octanol–water partition coefficient (Wildman–Crippen LogP) is 1.18. The van der Waals surface area contributed by atoms with E-state index in [0.29, 0.717) is 13.1 Å². The summed E-state index contributed by atoms with van der Waals surface area (Å²) in [6.45, 7) is 3.30. The van der Waals surface area contributed by atoms with E-state index in [1.165, 1.54) is 0 Å². The van der Waals surface area contributed by atoms with Crippen molar-refractivity contribution in [3.8, 4) is 5.75 Å². The Kier molecular flexibility index (Phi) is 5.49. The van der Waals surface area contributed by atoms with E-state index in [2.05, 4.69) is 0 Å². The summed E-state index contributed by atoms with van der Waals surface area (Å²) in [5.41, 5.74) is 6.42. The summed E-state index contributed by atoms with van der Waals surface area (Å²) in [4.78, 5) is 13.3. The Morgan fingerprint density at radius 1 is 1.41 bits per heavy atom. The lowest BCUT2D eigenvalue weighted by Crippen LogP contribution is -2.33. The third kappa shape index (κ3) is 4.44. The average Bonchev–Trinajstić information content (AvgIpc) is 2.34. The summed E-state index contributed by atoms with van der Waals surface area (Å²) in [5, 5.41) is 0. The van der Waals surface area contributed by atoms with Crippen LogP contribution in [0.2, 0.25) is 0 Å². The van der Waals surface area contributed by atoms with E-state index in [9.17, 15) is 4.79 Å². The molecule has 0 atom stereocenters. The first-order chi connectivity index (χ1) is 8.15. The molecule has 0 bridgehead atoms. The van der Waals surface area contributed by atoms with Gasteiger partial charge in [-0.2, -0.15) is 0 Å². The summed E-state index contributed by atoms with van der Waals surface area (Å²) < 4.78 is 5.48. The number of carbonyl (C=O) groups excluding carboxylic acids is 1. The van der Waals surface area contributed by atoms with E-state index >= 15 is 0 Å². The third-order valence-electron chi connectivity index (χ3n) is 2.57. The highest BCUT2D eigenvalue weighted by Gasteiger charge is 2.09. The maximum Gasteiger partial charge on any atom is 0.260 e. The molecule has 1 aromatic rings. The zero-order chi connectivity index (χ0) is 12.7. The molecular weight excluding hydrogens is 216 g/mol. The molecule has 1 rings (SSSR count). The number of ether oxygens (including phenoxy) is 1. The van der Waals surface area contributed by atoms with Crippen LogP contribution in [0.3, 0.4) is 0 Å². The second kappa shape index (κ2) is 6.91. The SMILES string of the molecule is Cc1ccccc1OCC(=O)N(C)CCCN. The fourth-order valence-electron chi connectivity index (χ4n) is 1.42. The molecule has 0 spiro atoms. The third-order valence-corrected chi connectivity index (χ3v) is 2.57. The number of rotatable bonds is 6. The Labute approximate surface area is 102 Å². The van der Waals surface area contributed by atoms with Gasteiger partial charge in [-0.1, -0.05) is 18.2 Å². The molecule has 0 saturated heterocycles. The van der Waals surface area contributed by atoms with Crippen molar-refractivity contribution in [3.63, 3.8) is 0 Å². The molecule has 0 aromatic heterocycles. The highest BCUT2D eigenvalue weighted by Crippen LogP contribution is 2.15. The molecule has 0 radical (unpaired) electrons. The Balaban J connectivity index is 2.40. The number of para-hydroxylation sites is 1. The van der Waals surface area contributed by atoms with Crippen LogP contribution in [0.25, 0.3) is 0 Å². The standard InChI is InChI=1S/C13H20N2O2/c1-11-6-3-4-7-12(11)17-10-13(16)15(2)9-5-8-14/h3-4,6-7H,5,8-10,14H2,1-2H3. The second-order valence-electron chi connectivity index (χ2n) is 4.01. The van der Waals surface area contributed by atoms with E-state index in [0.717, 1.165) is 17.7 Å². The van der Waals surface area contributed by atoms with Crippen LogP contribution in [0.5, 0.6) is 5.75 Å². The molecule has 0 unspecified atom stereocenters. The molecule has 1 amide bonds. The van der Waals surface area contributed by atoms with Gasteiger partial charge >= 0.3 is 0 Å². The van der Waals surface area contributed by atoms with Crippen LogP contribution >= 0.6 is 0 Å². The van der Waals surface area contributed by atoms with Crippen molar-refractivity contribution in [2.45, 2.75) is 13.3 Å². The molecular formula is C13H20N2O2. The minimum absolute atomic E-state index is 0.0262. The quantitative estimate of drug-likeness (QED) is 0.807. The number of nitrogens with zero attached hydrogens (tertiary/aromatic N) is 1. The second-order valence-corrected chi connectivity index (χ2v) is 4.01. The van der Waals surface area contributed by atoms with Gasteiger partial charge in [-0.15, -0.1) is 0 Å². The molecule has 0 aliphatic rings. The summed E-state index contributed by atoms with van der Waals surface area (Å²) in [6.07, 6.45) is 0.812. The largest absolute Gasteiger partial charge is 0.484 e. The topological polar surface area (TPSA) is 55.6 Å². The molecule has 17 heavy (non-hydrogen) atoms. The zero-order valence-electron chi connectivity index (χ0n) is 10.5. The molecule has 0 aliphatic carbocycles. The molecule has 4 heteroatoms. The Morgan fingerprint density at radius 3 is 2.76 bits per heavy atom. The van der Waals surface area contributed by atoms with Gasteiger partial charge in [-0.3, -0.25) is 4.79 Å². The zero-order valence-corrected chi connectivity index (χ0v) is 10.5. The van der Waals surface area contributed by atoms with Crippen molar-refractivity contribution in [1.29, 1.82) is 0 Å². The first-order valence-corrected chi connectivity index (χ1v) is 5.77. The van der Waals surface area contributed by atoms with Crippen molar-refractivity contribution in [2.75, 3.05) is 26.7 Å². The van der Waals surface area contributed by atoms with Gasteiger partial charge in [0.15, 0.2) is 6.61 Å². The van der Waals surface area contributed by atoms with E-state index in [1.807, 2.05) is 31.2 Å². The minimum atomic E-state index is -0.0262. The van der Waals surface area contributed by atoms with Gasteiger partial charge in [0.1, 0.15) is 5.75 Å². The molecule has 2 N–H and O–H groups in total. The minimum Gasteiger partial charge on any atom is -0.484 e. The summed E-state index contributed by atoms with van der Waals surface area (Å²) in [7, 11) is 1.76. The van der Waals surface area contributed by atoms with E-state index in [-0.39, 0.29) is 12.5 Å². The molecule has 4 nitrogen and oxygen atoms in total. The lowest BCUT2D eigenvalue weighted by atomic mass is 10.2. The van der Waals surface area contributed by atoms with Crippen LogP contribution in [0, 0.1) is 6.92 Å². The highest BCUT2D eigenvalue weighted by molar-refractivity contribution is 5.77. The smallest absolute Gasteiger partial charge is 0.260 e. The first-order valence-electron chi connectivity index (χ1n) is 5.77. The van der Waals surface area contributed by atoms with Gasteiger partial charge in [-0.05, 0) is 31.5 Å². The van der Waals surface area contributed by atoms with Crippen molar-refractivity contribution in [1.82, 2.24) is 4.90 Å². The van der Waals surface area contributed by atoms with Gasteiger partial charge in [0.25, 0.3) is 5.91 Å². The van der Waals surface area contributed by atoms with Gasteiger partial charge in [0.2, 0.25) is 0 Å². The number of hydrogen-bond acceptors (Lipinski definition) is 3. The fraction of sp³-hybridized carbons (Fsp3) is 0.462. The van der Waals surface area contributed by atoms with Crippen LogP contribution < -0.4 is 10.5 Å². The number of aryl methyl sites for hydroxylation is 1. The lowest BCUT2D eigenvalue weighted by molar-refractivity contribution is -0.132. The number of nitrogens with two attached hydrogens (primary N) is 1. The van der Waals surface area contributed by atoms with Gasteiger partial charge in [-0.25, -0.2) is 0 Å². The number of hydrogen-bond donors (Lipinski definition) is 1. The van der Waals surface area contributed by atoms with Crippen LogP contribution in [0.15, 0.2) is 24.3 Å². The highest BCUT2D eigenvalue weighted by atomic mass is 16.5. The molecule has 0 saturated carbocycles. The number of benzene rings is 1. The van der Waals surface area contributed by atoms with E-state index in [4.69, 9.17) is 10.5 Å². The van der Waals surface area contributed by atoms with Crippen LogP contribution in [0.4, 0.5) is 0 Å². The van der Waals surface area contributed by atoms with Crippen molar-refractivity contribution >= 4 is 5.91 Å². The van der Waals surface area contributed by atoms with Gasteiger partial charge < -0.3 is 15.4 Å². The van der Waals surface area contributed by atoms with E-state index < -0.39 is 0 Å². The summed E-state index contributed by atoms with van der Waals surface area (Å²) in [6, 6.07) is 7.66. The first kappa shape index (κ1) is 13.5. The van der Waals surface area contributed by atoms with Crippen LogP contribution in [0.1, 0.15) is 12.0 Å². The fourth-order valence-corrected chi connectivity index (χ4v) is 1.42. The predicted molar refractivity (Wildman–Crippen MR) is 68.0 cm³/mol. The van der Waals surface area contributed by atoms with Crippen molar-refractivity contribution < 1.29 is 9.53 Å². The summed E-state index contributed by atoms with van der Waals surface area (Å²) >= 11 is 0. The molecule has 1 aromatic carbocycles. The monoisotopic (exact) mass is 236 g/mol. The average molecular weight is 236 g/mol. The maximum absolute atomic E-state index is 11.7. The molecule has 0 aliphatic heterocycles. The van der Waals surface area contributed by atoms with Crippen molar-refractivity contribution in [2.24, 2.45) is 5.73 Å². The number of carbonyl (C=O) groups is 1. The van der Waals surface area contributed by atoms with Crippen LogP contribution in [-0.2, 0) is 4.79 Å².